The van der Waals surface area contributed by atoms with Gasteiger partial charge in [0.2, 0.25) is 0 Å². The van der Waals surface area contributed by atoms with Gasteiger partial charge in [0.25, 0.3) is 0 Å². The van der Waals surface area contributed by atoms with Gasteiger partial charge in [-0.25, -0.2) is 0 Å². The van der Waals surface area contributed by atoms with Gasteiger partial charge in [-0.3, -0.25) is 0 Å². The van der Waals surface area contributed by atoms with Crippen molar-refractivity contribution in [1.82, 2.24) is 0 Å². The normalized spacial score (nSPS) is 23.8. The Labute approximate surface area is 106 Å². The van der Waals surface area contributed by atoms with Crippen LogP contribution in [0.4, 0.5) is 5.69 Å². The number of nitrogens with zero attached hydrogens (tertiary/aromatic N) is 1. The van der Waals surface area contributed by atoms with Crippen LogP contribution in [0, 0.1) is 5.92 Å². The first kappa shape index (κ1) is 11.9. The third-order valence-corrected chi connectivity index (χ3v) is 4.29. The van der Waals surface area contributed by atoms with E-state index in [1.54, 1.807) is 0 Å². The molecule has 0 aliphatic carbocycles. The fourth-order valence-corrected chi connectivity index (χ4v) is 3.05. The van der Waals surface area contributed by atoms with Gasteiger partial charge in [-0.2, -0.15) is 0 Å². The molecule has 1 fully saturated rings. The SMILES string of the molecule is CC1(C)C(CN)CCN1c1cccc(Br)c1. The first-order valence-electron chi connectivity index (χ1n) is 5.79. The number of anilines is 1. The lowest BCUT2D eigenvalue weighted by molar-refractivity contribution is 0.374. The van der Waals surface area contributed by atoms with E-state index in [-0.39, 0.29) is 5.54 Å². The number of hydrogen-bond donors (Lipinski definition) is 1. The maximum Gasteiger partial charge on any atom is 0.0386 e. The van der Waals surface area contributed by atoms with Crippen molar-refractivity contribution in [1.29, 1.82) is 0 Å². The summed E-state index contributed by atoms with van der Waals surface area (Å²) < 4.78 is 1.14. The van der Waals surface area contributed by atoms with E-state index < -0.39 is 0 Å². The van der Waals surface area contributed by atoms with Crippen LogP contribution < -0.4 is 10.6 Å². The Bertz CT molecular complexity index is 376. The van der Waals surface area contributed by atoms with Gasteiger partial charge in [-0.05, 0) is 50.9 Å². The van der Waals surface area contributed by atoms with Crippen LogP contribution in [0.15, 0.2) is 28.7 Å². The van der Waals surface area contributed by atoms with Gasteiger partial charge < -0.3 is 10.6 Å². The molecule has 2 N–H and O–H groups in total. The highest BCUT2D eigenvalue weighted by Crippen LogP contribution is 2.38. The van der Waals surface area contributed by atoms with Gasteiger partial charge in [0.1, 0.15) is 0 Å². The summed E-state index contributed by atoms with van der Waals surface area (Å²) in [6, 6.07) is 8.50. The lowest BCUT2D eigenvalue weighted by Crippen LogP contribution is -2.44. The van der Waals surface area contributed by atoms with Crippen molar-refractivity contribution in [3.05, 3.63) is 28.7 Å². The Kier molecular flexibility index (Phi) is 3.27. The molecule has 0 saturated carbocycles. The second-order valence-electron chi connectivity index (χ2n) is 5.01. The first-order chi connectivity index (χ1) is 7.55. The fraction of sp³-hybridized carbons (Fsp3) is 0.538. The molecule has 1 heterocycles. The molecule has 2 rings (SSSR count). The molecule has 16 heavy (non-hydrogen) atoms. The summed E-state index contributed by atoms with van der Waals surface area (Å²) in [4.78, 5) is 2.47. The van der Waals surface area contributed by atoms with Crippen molar-refractivity contribution in [2.45, 2.75) is 25.8 Å². The average molecular weight is 283 g/mol. The molecule has 2 nitrogen and oxygen atoms in total. The topological polar surface area (TPSA) is 29.3 Å². The number of rotatable bonds is 2. The number of benzene rings is 1. The van der Waals surface area contributed by atoms with E-state index in [0.29, 0.717) is 5.92 Å². The molecule has 0 aromatic heterocycles. The molecule has 0 spiro atoms. The quantitative estimate of drug-likeness (QED) is 0.904. The molecule has 0 radical (unpaired) electrons. The monoisotopic (exact) mass is 282 g/mol. The van der Waals surface area contributed by atoms with Crippen molar-refractivity contribution in [2.24, 2.45) is 11.7 Å². The van der Waals surface area contributed by atoms with Gasteiger partial charge >= 0.3 is 0 Å². The van der Waals surface area contributed by atoms with Crippen molar-refractivity contribution in [3.8, 4) is 0 Å². The lowest BCUT2D eigenvalue weighted by Gasteiger charge is -2.37. The number of halogens is 1. The Hall–Kier alpha value is -0.540. The summed E-state index contributed by atoms with van der Waals surface area (Å²) in [6.45, 7) is 6.46. The molecule has 1 unspecified atom stereocenters. The molecule has 3 heteroatoms. The second-order valence-corrected chi connectivity index (χ2v) is 5.92. The smallest absolute Gasteiger partial charge is 0.0386 e. The van der Waals surface area contributed by atoms with Crippen molar-refractivity contribution in [3.63, 3.8) is 0 Å². The highest BCUT2D eigenvalue weighted by Gasteiger charge is 2.40. The van der Waals surface area contributed by atoms with Gasteiger partial charge in [-0.15, -0.1) is 0 Å². The molecule has 0 amide bonds. The number of nitrogens with two attached hydrogens (primary N) is 1. The zero-order valence-electron chi connectivity index (χ0n) is 9.91. The highest BCUT2D eigenvalue weighted by atomic mass is 79.9. The predicted octanol–water partition coefficient (Wildman–Crippen LogP) is 3.01. The summed E-state index contributed by atoms with van der Waals surface area (Å²) in [5.41, 5.74) is 7.29. The molecular weight excluding hydrogens is 264 g/mol. The summed E-state index contributed by atoms with van der Waals surface area (Å²) in [7, 11) is 0. The minimum absolute atomic E-state index is 0.162. The summed E-state index contributed by atoms with van der Waals surface area (Å²) in [5.74, 6) is 0.589. The second kappa shape index (κ2) is 4.38. The third kappa shape index (κ3) is 1.98. The van der Waals surface area contributed by atoms with Crippen molar-refractivity contribution in [2.75, 3.05) is 18.0 Å². The molecule has 1 saturated heterocycles. The lowest BCUT2D eigenvalue weighted by atomic mass is 9.88. The van der Waals surface area contributed by atoms with E-state index in [2.05, 4.69) is 58.9 Å². The summed E-state index contributed by atoms with van der Waals surface area (Å²) >= 11 is 3.53. The van der Waals surface area contributed by atoms with Crippen molar-refractivity contribution < 1.29 is 0 Å². The van der Waals surface area contributed by atoms with Crippen LogP contribution in [0.2, 0.25) is 0 Å². The van der Waals surface area contributed by atoms with Crippen LogP contribution in [-0.2, 0) is 0 Å². The first-order valence-corrected chi connectivity index (χ1v) is 6.58. The zero-order chi connectivity index (χ0) is 11.8. The molecule has 1 aromatic carbocycles. The van der Waals surface area contributed by atoms with Crippen LogP contribution in [0.25, 0.3) is 0 Å². The van der Waals surface area contributed by atoms with Gasteiger partial charge in [0, 0.05) is 22.2 Å². The molecule has 1 aromatic rings. The predicted molar refractivity (Wildman–Crippen MR) is 72.7 cm³/mol. The molecule has 1 aliphatic rings. The van der Waals surface area contributed by atoms with Crippen LogP contribution in [-0.4, -0.2) is 18.6 Å². The van der Waals surface area contributed by atoms with Crippen LogP contribution >= 0.6 is 15.9 Å². The van der Waals surface area contributed by atoms with E-state index in [1.165, 1.54) is 12.1 Å². The largest absolute Gasteiger partial charge is 0.366 e. The standard InChI is InChI=1S/C13H19BrN2/c1-13(2)10(9-15)6-7-16(13)12-5-3-4-11(14)8-12/h3-5,8,10H,6-7,9,15H2,1-2H3. The molecular formula is C13H19BrN2. The van der Waals surface area contributed by atoms with Gasteiger partial charge in [0.15, 0.2) is 0 Å². The zero-order valence-corrected chi connectivity index (χ0v) is 11.5. The molecule has 1 atom stereocenters. The third-order valence-electron chi connectivity index (χ3n) is 3.80. The molecule has 88 valence electrons. The Balaban J connectivity index is 2.29. The van der Waals surface area contributed by atoms with E-state index in [4.69, 9.17) is 5.73 Å². The van der Waals surface area contributed by atoms with Gasteiger partial charge in [0.05, 0.1) is 0 Å². The van der Waals surface area contributed by atoms with Crippen LogP contribution in [0.3, 0.4) is 0 Å². The summed E-state index contributed by atoms with van der Waals surface area (Å²) in [6.07, 6.45) is 1.19. The minimum Gasteiger partial charge on any atom is -0.366 e. The highest BCUT2D eigenvalue weighted by molar-refractivity contribution is 9.10. The van der Waals surface area contributed by atoms with E-state index in [0.717, 1.165) is 17.6 Å². The maximum atomic E-state index is 5.84. The molecule has 1 aliphatic heterocycles. The van der Waals surface area contributed by atoms with Gasteiger partial charge in [-0.1, -0.05) is 22.0 Å². The maximum absolute atomic E-state index is 5.84. The van der Waals surface area contributed by atoms with Crippen molar-refractivity contribution >= 4 is 21.6 Å². The van der Waals surface area contributed by atoms with E-state index >= 15 is 0 Å². The Morgan fingerprint density at radius 1 is 1.50 bits per heavy atom. The Morgan fingerprint density at radius 2 is 2.25 bits per heavy atom. The Morgan fingerprint density at radius 3 is 2.81 bits per heavy atom. The van der Waals surface area contributed by atoms with E-state index in [9.17, 15) is 0 Å². The number of hydrogen-bond acceptors (Lipinski definition) is 2. The van der Waals surface area contributed by atoms with Crippen LogP contribution in [0.1, 0.15) is 20.3 Å². The van der Waals surface area contributed by atoms with Crippen LogP contribution in [0.5, 0.6) is 0 Å². The summed E-state index contributed by atoms with van der Waals surface area (Å²) in [5, 5.41) is 0. The minimum atomic E-state index is 0.162. The fourth-order valence-electron chi connectivity index (χ4n) is 2.66. The molecule has 0 bridgehead atoms. The van der Waals surface area contributed by atoms with E-state index in [1.807, 2.05) is 0 Å². The average Bonchev–Trinajstić information content (AvgIpc) is 2.53.